The van der Waals surface area contributed by atoms with Gasteiger partial charge in [0.05, 0.1) is 29.8 Å². The Bertz CT molecular complexity index is 927. The highest BCUT2D eigenvalue weighted by atomic mass is 35.5. The molecule has 0 aliphatic carbocycles. The zero-order valence-electron chi connectivity index (χ0n) is 15.0. The summed E-state index contributed by atoms with van der Waals surface area (Å²) in [6.07, 6.45) is 1.36. The minimum absolute atomic E-state index is 0.192. The predicted molar refractivity (Wildman–Crippen MR) is 103 cm³/mol. The van der Waals surface area contributed by atoms with E-state index in [1.807, 2.05) is 19.9 Å². The quantitative estimate of drug-likeness (QED) is 0.572. The Morgan fingerprint density at radius 3 is 2.62 bits per heavy atom. The Balaban J connectivity index is 2.26. The lowest BCUT2D eigenvalue weighted by atomic mass is 10.2. The van der Waals surface area contributed by atoms with Gasteiger partial charge in [-0.25, -0.2) is 4.83 Å². The highest BCUT2D eigenvalue weighted by Crippen LogP contribution is 2.35. The molecule has 0 aromatic heterocycles. The Morgan fingerprint density at radius 1 is 1.23 bits per heavy atom. The Kier molecular flexibility index (Phi) is 6.50. The molecule has 0 radical (unpaired) electrons. The Morgan fingerprint density at radius 2 is 1.96 bits per heavy atom. The second kappa shape index (κ2) is 8.42. The van der Waals surface area contributed by atoms with Crippen LogP contribution in [0.15, 0.2) is 40.3 Å². The van der Waals surface area contributed by atoms with Crippen LogP contribution in [0.1, 0.15) is 23.6 Å². The lowest BCUT2D eigenvalue weighted by Gasteiger charge is -2.11. The first-order valence-corrected chi connectivity index (χ1v) is 9.77. The molecule has 2 aromatic rings. The molecule has 0 bridgehead atoms. The summed E-state index contributed by atoms with van der Waals surface area (Å²) in [5.41, 5.74) is 2.07. The van der Waals surface area contributed by atoms with E-state index >= 15 is 0 Å². The predicted octanol–water partition coefficient (Wildman–Crippen LogP) is 3.68. The summed E-state index contributed by atoms with van der Waals surface area (Å²) in [4.78, 5) is 2.41. The van der Waals surface area contributed by atoms with E-state index in [0.29, 0.717) is 34.3 Å². The number of sulfonamides is 1. The molecule has 0 unspecified atom stereocenters. The maximum absolute atomic E-state index is 12.4. The average molecular weight is 397 g/mol. The molecule has 0 saturated heterocycles. The van der Waals surface area contributed by atoms with Gasteiger partial charge < -0.3 is 9.47 Å². The number of ether oxygens (including phenoxy) is 2. The van der Waals surface area contributed by atoms with Crippen molar-refractivity contribution >= 4 is 27.8 Å². The van der Waals surface area contributed by atoms with Gasteiger partial charge in [-0.3, -0.25) is 0 Å². The van der Waals surface area contributed by atoms with E-state index in [1.54, 1.807) is 31.2 Å². The molecule has 0 fully saturated rings. The molecule has 0 atom stereocenters. The SMILES string of the molecule is CCOc1cc(/C=N\NS(=O)(=O)c2cc(C)ccc2C)cc(Cl)c1OC. The maximum Gasteiger partial charge on any atom is 0.276 e. The number of hydrogen-bond acceptors (Lipinski definition) is 5. The zero-order valence-corrected chi connectivity index (χ0v) is 16.6. The highest BCUT2D eigenvalue weighted by molar-refractivity contribution is 7.89. The Hall–Kier alpha value is -2.25. The van der Waals surface area contributed by atoms with Gasteiger partial charge in [-0.2, -0.15) is 13.5 Å². The second-order valence-electron chi connectivity index (χ2n) is 5.59. The van der Waals surface area contributed by atoms with E-state index in [1.165, 1.54) is 13.3 Å². The first kappa shape index (κ1) is 20.1. The lowest BCUT2D eigenvalue weighted by Crippen LogP contribution is -2.19. The van der Waals surface area contributed by atoms with E-state index in [0.717, 1.165) is 5.56 Å². The van der Waals surface area contributed by atoms with Gasteiger partial charge in [-0.15, -0.1) is 0 Å². The smallest absolute Gasteiger partial charge is 0.276 e. The van der Waals surface area contributed by atoms with E-state index in [4.69, 9.17) is 21.1 Å². The lowest BCUT2D eigenvalue weighted by molar-refractivity contribution is 0.311. The third-order valence-electron chi connectivity index (χ3n) is 3.56. The molecule has 2 rings (SSSR count). The van der Waals surface area contributed by atoms with Crippen molar-refractivity contribution in [1.29, 1.82) is 0 Å². The minimum atomic E-state index is -3.76. The maximum atomic E-state index is 12.4. The fourth-order valence-corrected chi connectivity index (χ4v) is 3.76. The number of aryl methyl sites for hydroxylation is 2. The van der Waals surface area contributed by atoms with Crippen LogP contribution in [0, 0.1) is 13.8 Å². The summed E-state index contributed by atoms with van der Waals surface area (Å²) in [5, 5.41) is 4.19. The third-order valence-corrected chi connectivity index (χ3v) is 5.20. The van der Waals surface area contributed by atoms with Crippen molar-refractivity contribution in [3.63, 3.8) is 0 Å². The van der Waals surface area contributed by atoms with Crippen molar-refractivity contribution in [3.8, 4) is 11.5 Å². The average Bonchev–Trinajstić information content (AvgIpc) is 2.57. The van der Waals surface area contributed by atoms with Gasteiger partial charge in [0.15, 0.2) is 11.5 Å². The van der Waals surface area contributed by atoms with Gasteiger partial charge in [0.2, 0.25) is 0 Å². The summed E-state index contributed by atoms with van der Waals surface area (Å²) in [6, 6.07) is 8.49. The van der Waals surface area contributed by atoms with Crippen molar-refractivity contribution in [2.24, 2.45) is 5.10 Å². The molecule has 26 heavy (non-hydrogen) atoms. The van der Waals surface area contributed by atoms with Crippen LogP contribution in [0.5, 0.6) is 11.5 Å². The van der Waals surface area contributed by atoms with Crippen molar-refractivity contribution in [3.05, 3.63) is 52.0 Å². The molecule has 1 N–H and O–H groups in total. The molecule has 0 amide bonds. The zero-order chi connectivity index (χ0) is 19.3. The standard InChI is InChI=1S/C18H21ClN2O4S/c1-5-25-16-10-14(9-15(19)18(16)24-4)11-20-21-26(22,23)17-8-12(2)6-7-13(17)3/h6-11,21H,5H2,1-4H3/b20-11-. The van der Waals surface area contributed by atoms with Crippen LogP contribution < -0.4 is 14.3 Å². The van der Waals surface area contributed by atoms with E-state index in [2.05, 4.69) is 9.93 Å². The first-order valence-electron chi connectivity index (χ1n) is 7.91. The van der Waals surface area contributed by atoms with Gasteiger partial charge in [0.1, 0.15) is 0 Å². The number of nitrogens with zero attached hydrogens (tertiary/aromatic N) is 1. The summed E-state index contributed by atoms with van der Waals surface area (Å²) in [6.45, 7) is 5.84. The largest absolute Gasteiger partial charge is 0.491 e. The van der Waals surface area contributed by atoms with Gasteiger partial charge in [0, 0.05) is 0 Å². The van der Waals surface area contributed by atoms with Crippen molar-refractivity contribution in [2.45, 2.75) is 25.7 Å². The van der Waals surface area contributed by atoms with Crippen LogP contribution in [0.2, 0.25) is 5.02 Å². The monoisotopic (exact) mass is 396 g/mol. The summed E-state index contributed by atoms with van der Waals surface area (Å²) in [7, 11) is -2.27. The number of hydrazone groups is 1. The second-order valence-corrected chi connectivity index (χ2v) is 7.63. The van der Waals surface area contributed by atoms with E-state index in [9.17, 15) is 8.42 Å². The van der Waals surface area contributed by atoms with Gasteiger partial charge in [-0.1, -0.05) is 23.7 Å². The molecular formula is C18H21ClN2O4S. The van der Waals surface area contributed by atoms with Crippen LogP contribution in [0.4, 0.5) is 0 Å². The molecule has 6 nitrogen and oxygen atoms in total. The molecule has 2 aromatic carbocycles. The molecule has 0 saturated carbocycles. The van der Waals surface area contributed by atoms with E-state index < -0.39 is 10.0 Å². The van der Waals surface area contributed by atoms with Crippen LogP contribution >= 0.6 is 11.6 Å². The van der Waals surface area contributed by atoms with Crippen LogP contribution in [0.25, 0.3) is 0 Å². The van der Waals surface area contributed by atoms with Crippen LogP contribution in [0.3, 0.4) is 0 Å². The molecule has 0 heterocycles. The molecule has 140 valence electrons. The summed E-state index contributed by atoms with van der Waals surface area (Å²) < 4.78 is 35.6. The van der Waals surface area contributed by atoms with E-state index in [-0.39, 0.29) is 4.90 Å². The molecule has 8 heteroatoms. The summed E-state index contributed by atoms with van der Waals surface area (Å²) in [5.74, 6) is 0.878. The van der Waals surface area contributed by atoms with Crippen molar-refractivity contribution in [2.75, 3.05) is 13.7 Å². The number of benzene rings is 2. The fourth-order valence-electron chi connectivity index (χ4n) is 2.34. The molecule has 0 aliphatic rings. The van der Waals surface area contributed by atoms with Crippen LogP contribution in [-0.4, -0.2) is 28.3 Å². The molecule has 0 aliphatic heterocycles. The van der Waals surface area contributed by atoms with Gasteiger partial charge in [0.25, 0.3) is 10.0 Å². The highest BCUT2D eigenvalue weighted by Gasteiger charge is 2.16. The topological polar surface area (TPSA) is 77.0 Å². The number of rotatable bonds is 7. The van der Waals surface area contributed by atoms with Crippen LogP contribution in [-0.2, 0) is 10.0 Å². The number of nitrogens with one attached hydrogen (secondary N) is 1. The van der Waals surface area contributed by atoms with Gasteiger partial charge in [-0.05, 0) is 55.7 Å². The third kappa shape index (κ3) is 4.68. The van der Waals surface area contributed by atoms with Crippen molar-refractivity contribution < 1.29 is 17.9 Å². The molecule has 0 spiro atoms. The number of methoxy groups -OCH3 is 1. The van der Waals surface area contributed by atoms with Crippen molar-refractivity contribution in [1.82, 2.24) is 4.83 Å². The summed E-state index contributed by atoms with van der Waals surface area (Å²) >= 11 is 6.17. The first-order chi connectivity index (χ1) is 12.3. The number of halogens is 1. The molecular weight excluding hydrogens is 376 g/mol. The Labute approximate surface area is 158 Å². The minimum Gasteiger partial charge on any atom is -0.491 e. The van der Waals surface area contributed by atoms with Gasteiger partial charge >= 0.3 is 0 Å². The number of hydrogen-bond donors (Lipinski definition) is 1. The fraction of sp³-hybridized carbons (Fsp3) is 0.278. The normalized spacial score (nSPS) is 11.6.